The van der Waals surface area contributed by atoms with Crippen molar-refractivity contribution in [3.05, 3.63) is 122 Å². The number of aryl methyl sites for hydroxylation is 2. The molecule has 0 aliphatic heterocycles. The molecule has 5 rings (SSSR count). The zero-order valence-electron chi connectivity index (χ0n) is 20.6. The summed E-state index contributed by atoms with van der Waals surface area (Å²) in [4.78, 5) is 18.1. The van der Waals surface area contributed by atoms with E-state index in [-0.39, 0.29) is 17.2 Å². The second-order valence-electron chi connectivity index (χ2n) is 9.26. The molecule has 9 heteroatoms. The minimum absolute atomic E-state index is 0.156. The highest BCUT2D eigenvalue weighted by Crippen LogP contribution is 2.21. The molecule has 37 heavy (non-hydrogen) atoms. The minimum Gasteiger partial charge on any atom is -0.321 e. The highest BCUT2D eigenvalue weighted by atomic mass is 19.1. The topological polar surface area (TPSA) is 79.7 Å². The molecule has 0 saturated carbocycles. The van der Waals surface area contributed by atoms with Gasteiger partial charge in [0.25, 0.3) is 5.56 Å². The van der Waals surface area contributed by atoms with Crippen LogP contribution in [0.25, 0.3) is 10.9 Å². The number of aromatic nitrogens is 5. The summed E-state index contributed by atoms with van der Waals surface area (Å²) in [6, 6.07) is 18.4. The molecule has 1 N–H and O–H groups in total. The number of hydrogen-bond acceptors (Lipinski definition) is 5. The first kappa shape index (κ1) is 24.5. The fourth-order valence-electron chi connectivity index (χ4n) is 4.41. The highest BCUT2D eigenvalue weighted by Gasteiger charge is 2.17. The average Bonchev–Trinajstić information content (AvgIpc) is 3.31. The molecule has 7 nitrogen and oxygen atoms in total. The van der Waals surface area contributed by atoms with Crippen molar-refractivity contribution in [1.29, 1.82) is 0 Å². The molecule has 2 aromatic heterocycles. The van der Waals surface area contributed by atoms with Gasteiger partial charge in [0, 0.05) is 24.0 Å². The van der Waals surface area contributed by atoms with Gasteiger partial charge in [0.1, 0.15) is 11.6 Å². The van der Waals surface area contributed by atoms with Crippen LogP contribution in [0.4, 0.5) is 8.78 Å². The second-order valence-corrected chi connectivity index (χ2v) is 9.26. The predicted molar refractivity (Wildman–Crippen MR) is 137 cm³/mol. The van der Waals surface area contributed by atoms with Crippen molar-refractivity contribution in [3.63, 3.8) is 0 Å². The lowest BCUT2D eigenvalue weighted by Gasteiger charge is -2.22. The van der Waals surface area contributed by atoms with Gasteiger partial charge in [-0.05, 0) is 76.9 Å². The molecule has 0 atom stereocenters. The lowest BCUT2D eigenvalue weighted by Crippen LogP contribution is -2.28. The summed E-state index contributed by atoms with van der Waals surface area (Å²) < 4.78 is 28.5. The number of tetrazole rings is 1. The van der Waals surface area contributed by atoms with Crippen LogP contribution >= 0.6 is 0 Å². The normalized spacial score (nSPS) is 11.5. The number of halogens is 2. The Morgan fingerprint density at radius 1 is 0.838 bits per heavy atom. The van der Waals surface area contributed by atoms with Crippen LogP contribution < -0.4 is 5.56 Å². The van der Waals surface area contributed by atoms with E-state index < -0.39 is 0 Å². The van der Waals surface area contributed by atoms with Crippen LogP contribution in [0.2, 0.25) is 0 Å². The number of hydrogen-bond donors (Lipinski definition) is 1. The first-order chi connectivity index (χ1) is 17.9. The molecule has 0 fully saturated rings. The van der Waals surface area contributed by atoms with E-state index in [2.05, 4.69) is 20.5 Å². The van der Waals surface area contributed by atoms with Gasteiger partial charge in [-0.25, -0.2) is 13.5 Å². The zero-order valence-corrected chi connectivity index (χ0v) is 20.6. The maximum Gasteiger partial charge on any atom is 0.252 e. The minimum atomic E-state index is -0.310. The third-order valence-corrected chi connectivity index (χ3v) is 6.45. The monoisotopic (exact) mass is 500 g/mol. The van der Waals surface area contributed by atoms with Crippen LogP contribution in [0.3, 0.4) is 0 Å². The van der Waals surface area contributed by atoms with E-state index in [4.69, 9.17) is 0 Å². The quantitative estimate of drug-likeness (QED) is 0.335. The van der Waals surface area contributed by atoms with Crippen LogP contribution in [0, 0.1) is 25.5 Å². The van der Waals surface area contributed by atoms with E-state index in [1.807, 2.05) is 36.9 Å². The Kier molecular flexibility index (Phi) is 6.87. The maximum atomic E-state index is 13.5. The third-order valence-electron chi connectivity index (χ3n) is 6.45. The maximum absolute atomic E-state index is 13.5. The molecular formula is C28H26F2N6O. The fourth-order valence-corrected chi connectivity index (χ4v) is 4.41. The summed E-state index contributed by atoms with van der Waals surface area (Å²) in [7, 11) is 0. The van der Waals surface area contributed by atoms with Crippen molar-refractivity contribution in [2.24, 2.45) is 0 Å². The van der Waals surface area contributed by atoms with Crippen LogP contribution in [0.15, 0.2) is 71.5 Å². The number of benzene rings is 3. The molecule has 3 aromatic carbocycles. The summed E-state index contributed by atoms with van der Waals surface area (Å²) in [6.07, 6.45) is 0. The SMILES string of the molecule is Cc1ccc(C)c2[nH]c(=O)c(CN(Cc3ccc(F)cc3)Cc3nnnn3Cc3ccc(F)cc3)cc12. The fraction of sp³-hybridized carbons (Fsp3) is 0.214. The number of rotatable bonds is 8. The lowest BCUT2D eigenvalue weighted by molar-refractivity contribution is 0.236. The second kappa shape index (κ2) is 10.4. The molecule has 0 unspecified atom stereocenters. The van der Waals surface area contributed by atoms with Gasteiger partial charge in [0.2, 0.25) is 0 Å². The Bertz CT molecular complexity index is 1590. The molecule has 0 saturated heterocycles. The molecule has 0 aliphatic rings. The van der Waals surface area contributed by atoms with Gasteiger partial charge in [-0.15, -0.1) is 5.10 Å². The highest BCUT2D eigenvalue weighted by molar-refractivity contribution is 5.85. The van der Waals surface area contributed by atoms with E-state index in [9.17, 15) is 13.6 Å². The Hall–Kier alpha value is -4.24. The number of aromatic amines is 1. The summed E-state index contributed by atoms with van der Waals surface area (Å²) in [5.41, 5.74) is 5.12. The van der Waals surface area contributed by atoms with Crippen molar-refractivity contribution in [2.75, 3.05) is 0 Å². The zero-order chi connectivity index (χ0) is 25.9. The summed E-state index contributed by atoms with van der Waals surface area (Å²) in [6.45, 7) is 5.49. The number of fused-ring (bicyclic) bond motifs is 1. The Labute approximate surface area is 212 Å². The lowest BCUT2D eigenvalue weighted by atomic mass is 10.0. The van der Waals surface area contributed by atoms with Crippen LogP contribution in [-0.2, 0) is 26.2 Å². The van der Waals surface area contributed by atoms with Gasteiger partial charge in [-0.3, -0.25) is 9.69 Å². The standard InChI is InChI=1S/C28H26F2N6O/c1-18-3-4-19(2)27-25(18)13-22(28(37)31-27)16-35(14-20-5-9-23(29)10-6-20)17-26-32-33-34-36(26)15-21-7-11-24(30)12-8-21/h3-13H,14-17H2,1-2H3,(H,31,37). The van der Waals surface area contributed by atoms with Crippen molar-refractivity contribution >= 4 is 10.9 Å². The predicted octanol–water partition coefficient (Wildman–Crippen LogP) is 4.66. The summed E-state index contributed by atoms with van der Waals surface area (Å²) in [5, 5.41) is 13.2. The van der Waals surface area contributed by atoms with Gasteiger partial charge < -0.3 is 4.98 Å². The summed E-state index contributed by atoms with van der Waals surface area (Å²) >= 11 is 0. The van der Waals surface area contributed by atoms with Gasteiger partial charge in [-0.1, -0.05) is 36.4 Å². The molecule has 0 aliphatic carbocycles. The third kappa shape index (κ3) is 5.62. The van der Waals surface area contributed by atoms with E-state index in [1.54, 1.807) is 28.9 Å². The molecular weight excluding hydrogens is 474 g/mol. The Balaban J connectivity index is 1.46. The molecule has 0 amide bonds. The van der Waals surface area contributed by atoms with E-state index in [0.29, 0.717) is 37.6 Å². The number of H-pyrrole nitrogens is 1. The van der Waals surface area contributed by atoms with Crippen molar-refractivity contribution < 1.29 is 8.78 Å². The molecule has 2 heterocycles. The van der Waals surface area contributed by atoms with Crippen molar-refractivity contribution in [3.8, 4) is 0 Å². The van der Waals surface area contributed by atoms with Gasteiger partial charge in [0.05, 0.1) is 18.6 Å². The first-order valence-corrected chi connectivity index (χ1v) is 11.9. The number of nitrogens with zero attached hydrogens (tertiary/aromatic N) is 5. The largest absolute Gasteiger partial charge is 0.321 e. The van der Waals surface area contributed by atoms with Crippen LogP contribution in [-0.4, -0.2) is 30.1 Å². The first-order valence-electron chi connectivity index (χ1n) is 11.9. The Morgan fingerprint density at radius 2 is 1.49 bits per heavy atom. The molecule has 0 spiro atoms. The average molecular weight is 501 g/mol. The number of nitrogens with one attached hydrogen (secondary N) is 1. The van der Waals surface area contributed by atoms with E-state index in [0.717, 1.165) is 33.2 Å². The Morgan fingerprint density at radius 3 is 2.19 bits per heavy atom. The molecule has 188 valence electrons. The van der Waals surface area contributed by atoms with Crippen LogP contribution in [0.5, 0.6) is 0 Å². The van der Waals surface area contributed by atoms with Gasteiger partial charge >= 0.3 is 0 Å². The van der Waals surface area contributed by atoms with Gasteiger partial charge in [0.15, 0.2) is 5.82 Å². The smallest absolute Gasteiger partial charge is 0.252 e. The van der Waals surface area contributed by atoms with Crippen LogP contribution in [0.1, 0.15) is 33.6 Å². The van der Waals surface area contributed by atoms with E-state index in [1.165, 1.54) is 24.3 Å². The van der Waals surface area contributed by atoms with Gasteiger partial charge in [-0.2, -0.15) is 0 Å². The van der Waals surface area contributed by atoms with Crippen molar-refractivity contribution in [1.82, 2.24) is 30.1 Å². The number of pyridine rings is 1. The summed E-state index contributed by atoms with van der Waals surface area (Å²) in [5.74, 6) is -0.0248. The molecule has 0 radical (unpaired) electrons. The molecule has 0 bridgehead atoms. The van der Waals surface area contributed by atoms with Crippen molar-refractivity contribution in [2.45, 2.75) is 40.0 Å². The molecule has 5 aromatic rings. The van der Waals surface area contributed by atoms with E-state index >= 15 is 0 Å².